The molecule has 0 radical (unpaired) electrons. The van der Waals surface area contributed by atoms with Gasteiger partial charge in [-0.25, -0.2) is 0 Å². The summed E-state index contributed by atoms with van der Waals surface area (Å²) in [5.74, 6) is 0.708. The molecule has 0 fully saturated rings. The molecule has 1 aromatic heterocycles. The number of benzene rings is 1. The van der Waals surface area contributed by atoms with Crippen molar-refractivity contribution in [2.24, 2.45) is 5.92 Å². The molecular formula is C14H17NO2. The summed E-state index contributed by atoms with van der Waals surface area (Å²) < 4.78 is 2.14. The Morgan fingerprint density at radius 3 is 2.71 bits per heavy atom. The van der Waals surface area contributed by atoms with E-state index in [0.717, 1.165) is 29.4 Å². The largest absolute Gasteiger partial charge is 0.508 e. The SMILES string of the molecule is Cc1c(C=O)c2cc(O)ccc2n1CC(C)C. The molecular weight excluding hydrogens is 214 g/mol. The average molecular weight is 231 g/mol. The van der Waals surface area contributed by atoms with Crippen molar-refractivity contribution in [2.75, 3.05) is 0 Å². The van der Waals surface area contributed by atoms with Gasteiger partial charge in [0.1, 0.15) is 5.75 Å². The van der Waals surface area contributed by atoms with Crippen LogP contribution in [0.4, 0.5) is 0 Å². The van der Waals surface area contributed by atoms with Crippen molar-refractivity contribution >= 4 is 17.2 Å². The second-order valence-electron chi connectivity index (χ2n) is 4.82. The van der Waals surface area contributed by atoms with Gasteiger partial charge in [-0.3, -0.25) is 4.79 Å². The van der Waals surface area contributed by atoms with Gasteiger partial charge in [0, 0.05) is 28.7 Å². The van der Waals surface area contributed by atoms with Crippen LogP contribution in [-0.2, 0) is 6.54 Å². The van der Waals surface area contributed by atoms with Gasteiger partial charge >= 0.3 is 0 Å². The monoisotopic (exact) mass is 231 g/mol. The number of aromatic nitrogens is 1. The summed E-state index contributed by atoms with van der Waals surface area (Å²) in [6.07, 6.45) is 0.869. The molecule has 2 aromatic rings. The normalized spacial score (nSPS) is 11.3. The molecule has 3 heteroatoms. The van der Waals surface area contributed by atoms with Crippen molar-refractivity contribution in [2.45, 2.75) is 27.3 Å². The van der Waals surface area contributed by atoms with E-state index < -0.39 is 0 Å². The number of aromatic hydroxyl groups is 1. The van der Waals surface area contributed by atoms with Crippen molar-refractivity contribution in [3.63, 3.8) is 0 Å². The predicted molar refractivity (Wildman–Crippen MR) is 68.6 cm³/mol. The van der Waals surface area contributed by atoms with E-state index in [2.05, 4.69) is 18.4 Å². The summed E-state index contributed by atoms with van der Waals surface area (Å²) >= 11 is 0. The second kappa shape index (κ2) is 4.24. The lowest BCUT2D eigenvalue weighted by atomic mass is 10.1. The van der Waals surface area contributed by atoms with E-state index in [1.165, 1.54) is 0 Å². The van der Waals surface area contributed by atoms with Gasteiger partial charge in [0.2, 0.25) is 0 Å². The molecule has 0 amide bonds. The van der Waals surface area contributed by atoms with E-state index in [9.17, 15) is 9.90 Å². The third-order valence-electron chi connectivity index (χ3n) is 3.02. The van der Waals surface area contributed by atoms with E-state index in [1.54, 1.807) is 12.1 Å². The number of hydrogen-bond donors (Lipinski definition) is 1. The number of nitrogens with zero attached hydrogens (tertiary/aromatic N) is 1. The van der Waals surface area contributed by atoms with Crippen LogP contribution in [0.3, 0.4) is 0 Å². The van der Waals surface area contributed by atoms with Gasteiger partial charge in [-0.15, -0.1) is 0 Å². The summed E-state index contributed by atoms with van der Waals surface area (Å²) in [6, 6.07) is 5.18. The Morgan fingerprint density at radius 2 is 2.12 bits per heavy atom. The van der Waals surface area contributed by atoms with Crippen LogP contribution in [0.2, 0.25) is 0 Å². The third-order valence-corrected chi connectivity index (χ3v) is 3.02. The zero-order chi connectivity index (χ0) is 12.6. The number of phenolic OH excluding ortho intramolecular Hbond substituents is 1. The molecule has 0 spiro atoms. The van der Waals surface area contributed by atoms with Gasteiger partial charge in [0.25, 0.3) is 0 Å². The molecule has 90 valence electrons. The molecule has 3 nitrogen and oxygen atoms in total. The lowest BCUT2D eigenvalue weighted by Gasteiger charge is -2.10. The van der Waals surface area contributed by atoms with Gasteiger partial charge in [-0.2, -0.15) is 0 Å². The molecule has 0 unspecified atom stereocenters. The summed E-state index contributed by atoms with van der Waals surface area (Å²) in [7, 11) is 0. The zero-order valence-electron chi connectivity index (χ0n) is 10.4. The van der Waals surface area contributed by atoms with Crippen LogP contribution >= 0.6 is 0 Å². The van der Waals surface area contributed by atoms with E-state index in [-0.39, 0.29) is 5.75 Å². The van der Waals surface area contributed by atoms with Crippen molar-refractivity contribution in [1.29, 1.82) is 0 Å². The highest BCUT2D eigenvalue weighted by Crippen LogP contribution is 2.28. The zero-order valence-corrected chi connectivity index (χ0v) is 10.4. The number of rotatable bonds is 3. The number of hydrogen-bond acceptors (Lipinski definition) is 2. The number of carbonyl (C=O) groups excluding carboxylic acids is 1. The Hall–Kier alpha value is -1.77. The van der Waals surface area contributed by atoms with Crippen LogP contribution in [0.5, 0.6) is 5.75 Å². The first-order valence-electron chi connectivity index (χ1n) is 5.81. The van der Waals surface area contributed by atoms with E-state index in [1.807, 2.05) is 13.0 Å². The Labute approximate surface area is 101 Å². The van der Waals surface area contributed by atoms with Crippen LogP contribution in [0.25, 0.3) is 10.9 Å². The minimum Gasteiger partial charge on any atom is -0.508 e. The molecule has 0 aliphatic heterocycles. The minimum absolute atomic E-state index is 0.197. The van der Waals surface area contributed by atoms with Crippen LogP contribution in [-0.4, -0.2) is 16.0 Å². The van der Waals surface area contributed by atoms with E-state index in [0.29, 0.717) is 11.5 Å². The smallest absolute Gasteiger partial charge is 0.152 e. The summed E-state index contributed by atoms with van der Waals surface area (Å²) in [6.45, 7) is 7.11. The Kier molecular flexibility index (Phi) is 2.92. The van der Waals surface area contributed by atoms with Gasteiger partial charge in [0.15, 0.2) is 6.29 Å². The lowest BCUT2D eigenvalue weighted by molar-refractivity contribution is 0.112. The second-order valence-corrected chi connectivity index (χ2v) is 4.82. The molecule has 0 atom stereocenters. The maximum atomic E-state index is 11.2. The summed E-state index contributed by atoms with van der Waals surface area (Å²) in [5.41, 5.74) is 2.65. The molecule has 1 heterocycles. The average Bonchev–Trinajstić information content (AvgIpc) is 2.50. The Bertz CT molecular complexity index is 567. The fourth-order valence-corrected chi connectivity index (χ4v) is 2.25. The van der Waals surface area contributed by atoms with Crippen LogP contribution in [0.1, 0.15) is 29.9 Å². The number of aldehydes is 1. The number of phenols is 1. The summed E-state index contributed by atoms with van der Waals surface area (Å²) in [5, 5.41) is 10.3. The molecule has 0 saturated carbocycles. The maximum absolute atomic E-state index is 11.2. The Morgan fingerprint density at radius 1 is 1.41 bits per heavy atom. The molecule has 2 rings (SSSR count). The Balaban J connectivity index is 2.75. The molecule has 1 N–H and O–H groups in total. The fraction of sp³-hybridized carbons (Fsp3) is 0.357. The summed E-state index contributed by atoms with van der Waals surface area (Å²) in [4.78, 5) is 11.2. The minimum atomic E-state index is 0.197. The number of carbonyl (C=O) groups is 1. The van der Waals surface area contributed by atoms with Crippen molar-refractivity contribution in [3.05, 3.63) is 29.5 Å². The standard InChI is InChI=1S/C14H17NO2/c1-9(2)7-15-10(3)13(8-16)12-6-11(17)4-5-14(12)15/h4-6,8-9,17H,7H2,1-3H3. The highest BCUT2D eigenvalue weighted by molar-refractivity contribution is 5.99. The first-order valence-corrected chi connectivity index (χ1v) is 5.81. The van der Waals surface area contributed by atoms with Crippen molar-refractivity contribution in [3.8, 4) is 5.75 Å². The quantitative estimate of drug-likeness (QED) is 0.825. The van der Waals surface area contributed by atoms with Gasteiger partial charge in [0.05, 0.1) is 0 Å². The van der Waals surface area contributed by atoms with E-state index >= 15 is 0 Å². The molecule has 0 saturated heterocycles. The first-order chi connectivity index (χ1) is 8.04. The predicted octanol–water partition coefficient (Wildman–Crippen LogP) is 3.12. The highest BCUT2D eigenvalue weighted by Gasteiger charge is 2.14. The first kappa shape index (κ1) is 11.7. The fourth-order valence-electron chi connectivity index (χ4n) is 2.25. The molecule has 0 bridgehead atoms. The molecule has 1 aromatic carbocycles. The third kappa shape index (κ3) is 1.93. The van der Waals surface area contributed by atoms with Crippen molar-refractivity contribution < 1.29 is 9.90 Å². The van der Waals surface area contributed by atoms with Gasteiger partial charge < -0.3 is 9.67 Å². The van der Waals surface area contributed by atoms with Gasteiger partial charge in [-0.05, 0) is 31.0 Å². The lowest BCUT2D eigenvalue weighted by Crippen LogP contribution is -2.06. The van der Waals surface area contributed by atoms with Crippen molar-refractivity contribution in [1.82, 2.24) is 4.57 Å². The van der Waals surface area contributed by atoms with Crippen LogP contribution in [0.15, 0.2) is 18.2 Å². The van der Waals surface area contributed by atoms with Crippen LogP contribution < -0.4 is 0 Å². The topological polar surface area (TPSA) is 42.2 Å². The van der Waals surface area contributed by atoms with Crippen LogP contribution in [0, 0.1) is 12.8 Å². The molecule has 17 heavy (non-hydrogen) atoms. The van der Waals surface area contributed by atoms with E-state index in [4.69, 9.17) is 0 Å². The van der Waals surface area contributed by atoms with Gasteiger partial charge in [-0.1, -0.05) is 13.8 Å². The molecule has 0 aliphatic carbocycles. The number of fused-ring (bicyclic) bond motifs is 1. The maximum Gasteiger partial charge on any atom is 0.152 e. The highest BCUT2D eigenvalue weighted by atomic mass is 16.3. The molecule has 0 aliphatic rings.